The van der Waals surface area contributed by atoms with E-state index in [4.69, 9.17) is 15.4 Å². The molecular formula is C13H12ClNO3S. The molecule has 19 heavy (non-hydrogen) atoms. The molecule has 1 saturated carbocycles. The zero-order chi connectivity index (χ0) is 13.6. The Hall–Kier alpha value is -1.33. The average molecular weight is 298 g/mol. The van der Waals surface area contributed by atoms with Crippen LogP contribution in [-0.2, 0) is 9.05 Å². The number of benzene rings is 1. The van der Waals surface area contributed by atoms with E-state index >= 15 is 0 Å². The van der Waals surface area contributed by atoms with Crippen LogP contribution in [0.5, 0.6) is 5.88 Å². The number of methoxy groups -OCH3 is 1. The van der Waals surface area contributed by atoms with Gasteiger partial charge in [-0.05, 0) is 36.5 Å². The summed E-state index contributed by atoms with van der Waals surface area (Å²) in [6.45, 7) is 0. The van der Waals surface area contributed by atoms with E-state index in [0.29, 0.717) is 22.6 Å². The summed E-state index contributed by atoms with van der Waals surface area (Å²) >= 11 is 0. The highest BCUT2D eigenvalue weighted by Gasteiger charge is 2.29. The van der Waals surface area contributed by atoms with Gasteiger partial charge in [-0.15, -0.1) is 0 Å². The third-order valence-electron chi connectivity index (χ3n) is 3.34. The Bertz CT molecular complexity index is 754. The fourth-order valence-corrected chi connectivity index (χ4v) is 3.44. The molecule has 0 radical (unpaired) electrons. The summed E-state index contributed by atoms with van der Waals surface area (Å²) in [6, 6.07) is 4.98. The monoisotopic (exact) mass is 297 g/mol. The summed E-state index contributed by atoms with van der Waals surface area (Å²) < 4.78 is 28.7. The molecule has 1 fully saturated rings. The first-order valence-corrected chi connectivity index (χ1v) is 8.23. The van der Waals surface area contributed by atoms with E-state index in [1.54, 1.807) is 18.3 Å². The molecule has 3 rings (SSSR count). The Morgan fingerprint density at radius 3 is 2.68 bits per heavy atom. The smallest absolute Gasteiger partial charge is 0.261 e. The number of aromatic nitrogens is 1. The minimum atomic E-state index is -3.79. The fourth-order valence-electron chi connectivity index (χ4n) is 2.34. The Labute approximate surface area is 115 Å². The maximum absolute atomic E-state index is 11.7. The van der Waals surface area contributed by atoms with Crippen molar-refractivity contribution in [1.29, 1.82) is 0 Å². The highest BCUT2D eigenvalue weighted by Crippen LogP contribution is 2.45. The molecule has 0 unspecified atom stereocenters. The van der Waals surface area contributed by atoms with Crippen LogP contribution in [0.3, 0.4) is 0 Å². The number of hydrogen-bond donors (Lipinski definition) is 0. The van der Waals surface area contributed by atoms with E-state index in [9.17, 15) is 8.42 Å². The van der Waals surface area contributed by atoms with Gasteiger partial charge in [-0.25, -0.2) is 13.4 Å². The van der Waals surface area contributed by atoms with Crippen LogP contribution in [0.1, 0.15) is 24.3 Å². The van der Waals surface area contributed by atoms with E-state index in [2.05, 4.69) is 4.98 Å². The SMILES string of the molecule is COc1ncc(C2CC2)c2c(S(=O)(=O)Cl)cccc12. The predicted octanol–water partition coefficient (Wildman–Crippen LogP) is 3.05. The third kappa shape index (κ3) is 2.17. The molecule has 1 heterocycles. The number of halogens is 1. The second-order valence-corrected chi connectivity index (χ2v) is 7.15. The number of pyridine rings is 1. The van der Waals surface area contributed by atoms with Crippen molar-refractivity contribution < 1.29 is 13.2 Å². The Balaban J connectivity index is 2.45. The van der Waals surface area contributed by atoms with Crippen LogP contribution in [0.15, 0.2) is 29.3 Å². The Kier molecular flexibility index (Phi) is 2.91. The second kappa shape index (κ2) is 4.35. The minimum absolute atomic E-state index is 0.134. The van der Waals surface area contributed by atoms with Crippen molar-refractivity contribution in [3.05, 3.63) is 30.0 Å². The van der Waals surface area contributed by atoms with Crippen LogP contribution in [0.25, 0.3) is 10.8 Å². The molecule has 0 bridgehead atoms. The highest BCUT2D eigenvalue weighted by atomic mass is 35.7. The number of nitrogens with zero attached hydrogens (tertiary/aromatic N) is 1. The van der Waals surface area contributed by atoms with Gasteiger partial charge in [-0.1, -0.05) is 6.07 Å². The van der Waals surface area contributed by atoms with Crippen LogP contribution >= 0.6 is 10.7 Å². The molecule has 1 aliphatic carbocycles. The lowest BCUT2D eigenvalue weighted by Crippen LogP contribution is -1.98. The van der Waals surface area contributed by atoms with Gasteiger partial charge in [0, 0.05) is 27.7 Å². The largest absolute Gasteiger partial charge is 0.481 e. The molecule has 0 amide bonds. The number of ether oxygens (including phenoxy) is 1. The summed E-state index contributed by atoms with van der Waals surface area (Å²) in [6.07, 6.45) is 3.81. The minimum Gasteiger partial charge on any atom is -0.481 e. The van der Waals surface area contributed by atoms with Crippen LogP contribution in [-0.4, -0.2) is 20.5 Å². The van der Waals surface area contributed by atoms with Gasteiger partial charge in [-0.2, -0.15) is 0 Å². The predicted molar refractivity (Wildman–Crippen MR) is 73.3 cm³/mol. The summed E-state index contributed by atoms with van der Waals surface area (Å²) in [7, 11) is 3.26. The van der Waals surface area contributed by atoms with E-state index in [-0.39, 0.29) is 4.90 Å². The Morgan fingerprint density at radius 1 is 1.37 bits per heavy atom. The summed E-state index contributed by atoms with van der Waals surface area (Å²) in [5.41, 5.74) is 0.940. The molecular weight excluding hydrogens is 286 g/mol. The highest BCUT2D eigenvalue weighted by molar-refractivity contribution is 8.14. The molecule has 6 heteroatoms. The van der Waals surface area contributed by atoms with Gasteiger partial charge < -0.3 is 4.74 Å². The van der Waals surface area contributed by atoms with E-state index < -0.39 is 9.05 Å². The number of hydrogen-bond acceptors (Lipinski definition) is 4. The van der Waals surface area contributed by atoms with E-state index in [1.165, 1.54) is 13.2 Å². The first kappa shape index (κ1) is 12.7. The van der Waals surface area contributed by atoms with Gasteiger partial charge in [0.05, 0.1) is 12.0 Å². The zero-order valence-electron chi connectivity index (χ0n) is 10.3. The first-order chi connectivity index (χ1) is 9.02. The van der Waals surface area contributed by atoms with Crippen molar-refractivity contribution >= 4 is 30.5 Å². The lowest BCUT2D eigenvalue weighted by molar-refractivity contribution is 0.403. The van der Waals surface area contributed by atoms with Gasteiger partial charge in [0.15, 0.2) is 0 Å². The summed E-state index contributed by atoms with van der Waals surface area (Å²) in [5.74, 6) is 0.794. The normalized spacial score (nSPS) is 15.7. The standard InChI is InChI=1S/C13H12ClNO3S/c1-18-13-9-3-2-4-11(19(14,16)17)12(9)10(7-15-13)8-5-6-8/h2-4,7-8H,5-6H2,1H3. The van der Waals surface area contributed by atoms with Gasteiger partial charge in [0.25, 0.3) is 9.05 Å². The van der Waals surface area contributed by atoms with Crippen molar-refractivity contribution in [2.75, 3.05) is 7.11 Å². The quantitative estimate of drug-likeness (QED) is 0.817. The molecule has 100 valence electrons. The lowest BCUT2D eigenvalue weighted by atomic mass is 10.0. The first-order valence-electron chi connectivity index (χ1n) is 5.92. The van der Waals surface area contributed by atoms with Crippen LogP contribution < -0.4 is 4.74 Å². The number of rotatable bonds is 3. The van der Waals surface area contributed by atoms with Crippen molar-refractivity contribution in [2.24, 2.45) is 0 Å². The molecule has 1 aliphatic rings. The van der Waals surface area contributed by atoms with E-state index in [0.717, 1.165) is 18.4 Å². The second-order valence-electron chi connectivity index (χ2n) is 4.61. The molecule has 0 spiro atoms. The number of fused-ring (bicyclic) bond motifs is 1. The summed E-state index contributed by atoms with van der Waals surface area (Å²) in [4.78, 5) is 4.38. The molecule has 0 atom stereocenters. The van der Waals surface area contributed by atoms with Crippen molar-refractivity contribution in [1.82, 2.24) is 4.98 Å². The lowest BCUT2D eigenvalue weighted by Gasteiger charge is -2.11. The van der Waals surface area contributed by atoms with Crippen LogP contribution in [0.4, 0.5) is 0 Å². The van der Waals surface area contributed by atoms with Gasteiger partial charge >= 0.3 is 0 Å². The molecule has 0 saturated heterocycles. The zero-order valence-corrected chi connectivity index (χ0v) is 11.8. The van der Waals surface area contributed by atoms with Gasteiger partial charge in [-0.3, -0.25) is 0 Å². The van der Waals surface area contributed by atoms with Gasteiger partial charge in [0.2, 0.25) is 5.88 Å². The van der Waals surface area contributed by atoms with Crippen molar-refractivity contribution in [3.63, 3.8) is 0 Å². The van der Waals surface area contributed by atoms with Crippen molar-refractivity contribution in [3.8, 4) is 5.88 Å². The molecule has 0 aliphatic heterocycles. The van der Waals surface area contributed by atoms with Crippen molar-refractivity contribution in [2.45, 2.75) is 23.7 Å². The van der Waals surface area contributed by atoms with E-state index in [1.807, 2.05) is 0 Å². The maximum atomic E-state index is 11.7. The van der Waals surface area contributed by atoms with Crippen LogP contribution in [0.2, 0.25) is 0 Å². The fraction of sp³-hybridized carbons (Fsp3) is 0.308. The topological polar surface area (TPSA) is 56.3 Å². The summed E-state index contributed by atoms with van der Waals surface area (Å²) in [5, 5.41) is 1.33. The molecule has 1 aromatic carbocycles. The Morgan fingerprint density at radius 2 is 2.11 bits per heavy atom. The molecule has 1 aromatic heterocycles. The average Bonchev–Trinajstić information content (AvgIpc) is 3.19. The third-order valence-corrected chi connectivity index (χ3v) is 4.70. The molecule has 4 nitrogen and oxygen atoms in total. The molecule has 0 N–H and O–H groups in total. The van der Waals surface area contributed by atoms with Gasteiger partial charge in [0.1, 0.15) is 0 Å². The molecule has 2 aromatic rings. The maximum Gasteiger partial charge on any atom is 0.261 e. The van der Waals surface area contributed by atoms with Crippen LogP contribution in [0, 0.1) is 0 Å².